The van der Waals surface area contributed by atoms with Gasteiger partial charge in [-0.1, -0.05) is 0 Å². The minimum Gasteiger partial charge on any atom is -0.396 e. The van der Waals surface area contributed by atoms with Gasteiger partial charge in [-0.25, -0.2) is 8.42 Å². The number of aliphatic hydroxyl groups is 1. The first-order chi connectivity index (χ1) is 7.94. The number of sulfonamides is 1. The Morgan fingerprint density at radius 3 is 2.65 bits per heavy atom. The maximum absolute atomic E-state index is 11.7. The Balaban J connectivity index is 2.66. The molecule has 4 nitrogen and oxygen atoms in total. The second-order valence-electron chi connectivity index (χ2n) is 3.48. The first-order valence-corrected chi connectivity index (χ1v) is 8.53. The molecule has 0 aromatic heterocycles. The summed E-state index contributed by atoms with van der Waals surface area (Å²) >= 11 is 5.50. The summed E-state index contributed by atoms with van der Waals surface area (Å²) in [4.78, 5) is 0. The van der Waals surface area contributed by atoms with Gasteiger partial charge >= 0.3 is 0 Å². The van der Waals surface area contributed by atoms with Gasteiger partial charge < -0.3 is 5.11 Å². The molecule has 0 saturated carbocycles. The van der Waals surface area contributed by atoms with Crippen molar-refractivity contribution in [1.29, 1.82) is 0 Å². The second kappa shape index (κ2) is 6.91. The Bertz CT molecular complexity index is 478. The monoisotopic (exact) mass is 433 g/mol. The number of benzene rings is 1. The highest BCUT2D eigenvalue weighted by Crippen LogP contribution is 2.23. The lowest BCUT2D eigenvalue weighted by Crippen LogP contribution is -2.16. The molecule has 0 aliphatic carbocycles. The Morgan fingerprint density at radius 2 is 2.06 bits per heavy atom. The second-order valence-corrected chi connectivity index (χ2v) is 7.34. The van der Waals surface area contributed by atoms with Gasteiger partial charge in [0.15, 0.2) is 0 Å². The van der Waals surface area contributed by atoms with Crippen LogP contribution < -0.4 is 4.72 Å². The molecule has 0 spiro atoms. The number of unbranched alkanes of at least 4 members (excludes halogenated alkanes) is 1. The van der Waals surface area contributed by atoms with Crippen molar-refractivity contribution in [3.05, 3.63) is 26.2 Å². The van der Waals surface area contributed by atoms with Crippen molar-refractivity contribution in [2.45, 2.75) is 12.8 Å². The molecule has 1 aromatic rings. The fourth-order valence-electron chi connectivity index (χ4n) is 1.19. The number of anilines is 1. The van der Waals surface area contributed by atoms with E-state index in [-0.39, 0.29) is 12.4 Å². The minimum atomic E-state index is -3.32. The third kappa shape index (κ3) is 5.54. The molecule has 1 aromatic carbocycles. The number of hydrogen-bond acceptors (Lipinski definition) is 3. The molecular weight excluding hydrogens is 421 g/mol. The van der Waals surface area contributed by atoms with Crippen molar-refractivity contribution < 1.29 is 13.5 Å². The summed E-state index contributed by atoms with van der Waals surface area (Å²) in [6.07, 6.45) is 0.953. The number of aliphatic hydroxyl groups excluding tert-OH is 1. The standard InChI is InChI=1S/C10H13BrINO3S/c11-9-7-8(3-4-10(9)12)13-17(15,16)6-2-1-5-14/h3-4,7,13-14H,1-2,5-6H2. The Hall–Kier alpha value is 0.140. The summed E-state index contributed by atoms with van der Waals surface area (Å²) in [6, 6.07) is 5.28. The van der Waals surface area contributed by atoms with Crippen molar-refractivity contribution >= 4 is 54.2 Å². The van der Waals surface area contributed by atoms with Gasteiger partial charge in [-0.3, -0.25) is 4.72 Å². The summed E-state index contributed by atoms with van der Waals surface area (Å²) in [5.74, 6) is 0.0250. The van der Waals surface area contributed by atoms with E-state index in [1.54, 1.807) is 12.1 Å². The van der Waals surface area contributed by atoms with Crippen LogP contribution in [0.15, 0.2) is 22.7 Å². The fraction of sp³-hybridized carbons (Fsp3) is 0.400. The van der Waals surface area contributed by atoms with E-state index in [0.717, 1.165) is 8.04 Å². The molecule has 0 radical (unpaired) electrons. The van der Waals surface area contributed by atoms with E-state index in [0.29, 0.717) is 18.5 Å². The van der Waals surface area contributed by atoms with Crippen LogP contribution in [0.2, 0.25) is 0 Å². The van der Waals surface area contributed by atoms with E-state index >= 15 is 0 Å². The largest absolute Gasteiger partial charge is 0.396 e. The summed E-state index contributed by atoms with van der Waals surface area (Å²) in [6.45, 7) is 0.0185. The normalized spacial score (nSPS) is 11.5. The van der Waals surface area contributed by atoms with Crippen LogP contribution in [-0.4, -0.2) is 25.9 Å². The third-order valence-corrected chi connectivity index (χ3v) is 5.72. The van der Waals surface area contributed by atoms with Gasteiger partial charge in [0.25, 0.3) is 0 Å². The molecule has 0 bridgehead atoms. The van der Waals surface area contributed by atoms with Gasteiger partial charge in [0.05, 0.1) is 5.75 Å². The molecule has 0 unspecified atom stereocenters. The first-order valence-electron chi connectivity index (χ1n) is 5.01. The van der Waals surface area contributed by atoms with Crippen LogP contribution in [0.1, 0.15) is 12.8 Å². The highest BCUT2D eigenvalue weighted by Gasteiger charge is 2.10. The average molecular weight is 434 g/mol. The summed E-state index contributed by atoms with van der Waals surface area (Å²) in [5.41, 5.74) is 0.543. The van der Waals surface area contributed by atoms with Crippen LogP contribution >= 0.6 is 38.5 Å². The molecule has 0 amide bonds. The molecular formula is C10H13BrINO3S. The molecule has 0 aliphatic heterocycles. The zero-order valence-electron chi connectivity index (χ0n) is 8.99. The Labute approximate surface area is 123 Å². The van der Waals surface area contributed by atoms with Gasteiger partial charge in [-0.2, -0.15) is 0 Å². The van der Waals surface area contributed by atoms with E-state index < -0.39 is 10.0 Å². The highest BCUT2D eigenvalue weighted by molar-refractivity contribution is 14.1. The molecule has 7 heteroatoms. The molecule has 0 atom stereocenters. The van der Waals surface area contributed by atoms with Gasteiger partial charge in [0.1, 0.15) is 0 Å². The summed E-state index contributed by atoms with van der Waals surface area (Å²) in [5, 5.41) is 8.60. The third-order valence-electron chi connectivity index (χ3n) is 2.01. The fourth-order valence-corrected chi connectivity index (χ4v) is 3.08. The maximum atomic E-state index is 11.7. The predicted molar refractivity (Wildman–Crippen MR) is 80.6 cm³/mol. The van der Waals surface area contributed by atoms with E-state index in [9.17, 15) is 8.42 Å². The number of rotatable bonds is 6. The highest BCUT2D eigenvalue weighted by atomic mass is 127. The summed E-state index contributed by atoms with van der Waals surface area (Å²) in [7, 11) is -3.32. The average Bonchev–Trinajstić information content (AvgIpc) is 2.23. The van der Waals surface area contributed by atoms with E-state index in [4.69, 9.17) is 5.11 Å². The molecule has 0 aliphatic rings. The van der Waals surface area contributed by atoms with Crippen LogP contribution in [0.5, 0.6) is 0 Å². The number of hydrogen-bond donors (Lipinski definition) is 2. The van der Waals surface area contributed by atoms with Crippen LogP contribution in [0.4, 0.5) is 5.69 Å². The molecule has 0 saturated heterocycles. The van der Waals surface area contributed by atoms with Gasteiger partial charge in [-0.15, -0.1) is 0 Å². The first kappa shape index (κ1) is 15.2. The molecule has 0 fully saturated rings. The lowest BCUT2D eigenvalue weighted by Gasteiger charge is -2.08. The van der Waals surface area contributed by atoms with Crippen LogP contribution in [0.3, 0.4) is 0 Å². The van der Waals surface area contributed by atoms with Gasteiger partial charge in [-0.05, 0) is 69.6 Å². The smallest absolute Gasteiger partial charge is 0.232 e. The zero-order valence-corrected chi connectivity index (χ0v) is 13.5. The molecule has 1 rings (SSSR count). The SMILES string of the molecule is O=S(=O)(CCCCO)Nc1ccc(I)c(Br)c1. The maximum Gasteiger partial charge on any atom is 0.232 e. The molecule has 2 N–H and O–H groups in total. The van der Waals surface area contributed by atoms with Crippen LogP contribution in [-0.2, 0) is 10.0 Å². The zero-order chi connectivity index (χ0) is 12.9. The van der Waals surface area contributed by atoms with Crippen molar-refractivity contribution in [3.63, 3.8) is 0 Å². The predicted octanol–water partition coefficient (Wildman–Crippen LogP) is 2.57. The number of nitrogens with one attached hydrogen (secondary N) is 1. The van der Waals surface area contributed by atoms with Gasteiger partial charge in [0.2, 0.25) is 10.0 Å². The lowest BCUT2D eigenvalue weighted by molar-refractivity contribution is 0.287. The quantitative estimate of drug-likeness (QED) is 0.535. The van der Waals surface area contributed by atoms with E-state index in [2.05, 4.69) is 43.2 Å². The molecule has 96 valence electrons. The van der Waals surface area contributed by atoms with E-state index in [1.807, 2.05) is 6.07 Å². The van der Waals surface area contributed by atoms with Crippen LogP contribution in [0, 0.1) is 3.57 Å². The van der Waals surface area contributed by atoms with E-state index in [1.165, 1.54) is 0 Å². The minimum absolute atomic E-state index is 0.0185. The molecule has 0 heterocycles. The van der Waals surface area contributed by atoms with Crippen molar-refractivity contribution in [2.24, 2.45) is 0 Å². The van der Waals surface area contributed by atoms with Crippen molar-refractivity contribution in [1.82, 2.24) is 0 Å². The van der Waals surface area contributed by atoms with Crippen LogP contribution in [0.25, 0.3) is 0 Å². The lowest BCUT2D eigenvalue weighted by atomic mass is 10.3. The molecule has 17 heavy (non-hydrogen) atoms. The van der Waals surface area contributed by atoms with Crippen molar-refractivity contribution in [2.75, 3.05) is 17.1 Å². The van der Waals surface area contributed by atoms with Gasteiger partial charge in [0, 0.05) is 20.3 Å². The topological polar surface area (TPSA) is 66.4 Å². The Morgan fingerprint density at radius 1 is 1.35 bits per heavy atom. The Kier molecular flexibility index (Phi) is 6.18. The summed E-state index contributed by atoms with van der Waals surface area (Å²) < 4.78 is 27.7. The number of halogens is 2. The van der Waals surface area contributed by atoms with Crippen molar-refractivity contribution in [3.8, 4) is 0 Å².